The van der Waals surface area contributed by atoms with E-state index in [2.05, 4.69) is 0 Å². The van der Waals surface area contributed by atoms with Crippen LogP contribution in [0.25, 0.3) is 0 Å². The summed E-state index contributed by atoms with van der Waals surface area (Å²) in [4.78, 5) is 13.2. The van der Waals surface area contributed by atoms with Crippen molar-refractivity contribution in [2.45, 2.75) is 87.4 Å². The molecule has 1 aromatic rings. The second-order valence-electron chi connectivity index (χ2n) is 11.5. The number of hydrogen-bond donors (Lipinski definition) is 1. The minimum atomic E-state index is -0.685. The number of hydroxylamine groups is 3. The van der Waals surface area contributed by atoms with Crippen molar-refractivity contribution in [3.63, 3.8) is 0 Å². The van der Waals surface area contributed by atoms with E-state index >= 15 is 0 Å². The molecule has 2 bridgehead atoms. The number of hydrogen-bond acceptors (Lipinski definition) is 5. The van der Waals surface area contributed by atoms with Crippen LogP contribution in [-0.4, -0.2) is 53.0 Å². The van der Waals surface area contributed by atoms with Gasteiger partial charge in [0.15, 0.2) is 23.4 Å². The first kappa shape index (κ1) is 19.8. The molecule has 32 heavy (non-hydrogen) atoms. The first-order chi connectivity index (χ1) is 15.5. The van der Waals surface area contributed by atoms with Crippen LogP contribution in [0, 0.1) is 17.0 Å². The Kier molecular flexibility index (Phi) is 4.01. The van der Waals surface area contributed by atoms with Crippen LogP contribution in [0.4, 0.5) is 0 Å². The summed E-state index contributed by atoms with van der Waals surface area (Å²) in [7, 11) is 0. The van der Waals surface area contributed by atoms with E-state index in [0.717, 1.165) is 24.0 Å². The first-order valence-electron chi connectivity index (χ1n) is 12.7. The van der Waals surface area contributed by atoms with E-state index in [1.54, 1.807) is 6.07 Å². The van der Waals surface area contributed by atoms with Crippen LogP contribution in [0.2, 0.25) is 0 Å². The number of carbonyl (C=O) groups excluding carboxylic acids is 1. The lowest BCUT2D eigenvalue weighted by Gasteiger charge is -2.68. The van der Waals surface area contributed by atoms with Crippen molar-refractivity contribution < 1.29 is 24.0 Å². The zero-order chi connectivity index (χ0) is 21.7. The third-order valence-electron chi connectivity index (χ3n) is 9.86. The van der Waals surface area contributed by atoms with Crippen LogP contribution in [-0.2, 0) is 21.4 Å². The van der Waals surface area contributed by atoms with E-state index < -0.39 is 17.1 Å². The summed E-state index contributed by atoms with van der Waals surface area (Å²) in [6, 6.07) is 3.43. The zero-order valence-electron chi connectivity index (χ0n) is 18.7. The average molecular weight is 440 g/mol. The van der Waals surface area contributed by atoms with Crippen molar-refractivity contribution in [2.75, 3.05) is 19.7 Å². The highest BCUT2D eigenvalue weighted by atomic mass is 16.6. The lowest BCUT2D eigenvalue weighted by molar-refractivity contribution is -0.924. The number of phenols is 1. The largest absolute Gasteiger partial charge is 0.632 e. The fourth-order valence-corrected chi connectivity index (χ4v) is 8.25. The molecule has 6 nitrogen and oxygen atoms in total. The third-order valence-corrected chi connectivity index (χ3v) is 9.86. The molecule has 3 saturated carbocycles. The quantitative estimate of drug-likeness (QED) is 0.558. The Morgan fingerprint density at radius 3 is 2.75 bits per heavy atom. The molecule has 0 aromatic heterocycles. The minimum Gasteiger partial charge on any atom is -0.632 e. The predicted molar refractivity (Wildman–Crippen MR) is 117 cm³/mol. The number of phenolic OH excluding ortho intramolecular Hbond substituents is 1. The number of carbonyl (C=O) groups is 1. The molecule has 7 rings (SSSR count). The van der Waals surface area contributed by atoms with Crippen LogP contribution in [0.1, 0.15) is 68.9 Å². The second kappa shape index (κ2) is 6.49. The number of ether oxygens (including phenoxy) is 2. The maximum absolute atomic E-state index is 14.5. The van der Waals surface area contributed by atoms with Gasteiger partial charge in [-0.3, -0.25) is 4.79 Å². The van der Waals surface area contributed by atoms with Crippen LogP contribution in [0.15, 0.2) is 12.1 Å². The highest BCUT2D eigenvalue weighted by molar-refractivity contribution is 5.90. The van der Waals surface area contributed by atoms with Gasteiger partial charge in [0.25, 0.3) is 0 Å². The summed E-state index contributed by atoms with van der Waals surface area (Å²) in [5.41, 5.74) is 0.739. The molecular formula is C26H33NO5. The van der Waals surface area contributed by atoms with E-state index in [4.69, 9.17) is 9.47 Å². The normalized spacial score (nSPS) is 42.1. The zero-order valence-corrected chi connectivity index (χ0v) is 18.7. The summed E-state index contributed by atoms with van der Waals surface area (Å²) in [5.74, 6) is 1.76. The molecule has 5 atom stereocenters. The molecule has 4 fully saturated rings. The van der Waals surface area contributed by atoms with Gasteiger partial charge in [-0.1, -0.05) is 18.9 Å². The lowest BCUT2D eigenvalue weighted by Crippen LogP contribution is -2.81. The average Bonchev–Trinajstić information content (AvgIpc) is 3.28. The Balaban J connectivity index is 1.41. The van der Waals surface area contributed by atoms with Crippen molar-refractivity contribution in [1.29, 1.82) is 0 Å². The van der Waals surface area contributed by atoms with Crippen LogP contribution >= 0.6 is 0 Å². The van der Waals surface area contributed by atoms with Crippen molar-refractivity contribution in [3.05, 3.63) is 28.5 Å². The molecule has 1 aromatic carbocycles. The summed E-state index contributed by atoms with van der Waals surface area (Å²) in [5, 5.41) is 25.2. The molecule has 2 aliphatic heterocycles. The van der Waals surface area contributed by atoms with E-state index in [1.165, 1.54) is 25.7 Å². The molecule has 6 aliphatic rings. The molecule has 6 heteroatoms. The van der Waals surface area contributed by atoms with Gasteiger partial charge in [-0.15, -0.1) is 0 Å². The molecule has 0 amide bonds. The fraction of sp³-hybridized carbons (Fsp3) is 0.731. The molecular weight excluding hydrogens is 406 g/mol. The van der Waals surface area contributed by atoms with Crippen molar-refractivity contribution >= 4 is 5.78 Å². The number of quaternary nitrogens is 1. The monoisotopic (exact) mass is 439 g/mol. The molecule has 172 valence electrons. The lowest BCUT2D eigenvalue weighted by atomic mass is 9.48. The predicted octanol–water partition coefficient (Wildman–Crippen LogP) is 3.75. The molecule has 3 unspecified atom stereocenters. The van der Waals surface area contributed by atoms with Gasteiger partial charge < -0.3 is 24.4 Å². The van der Waals surface area contributed by atoms with Crippen LogP contribution in [0.5, 0.6) is 11.5 Å². The van der Waals surface area contributed by atoms with Crippen LogP contribution < -0.4 is 4.74 Å². The van der Waals surface area contributed by atoms with Gasteiger partial charge >= 0.3 is 0 Å². The van der Waals surface area contributed by atoms with Gasteiger partial charge in [-0.2, -0.15) is 0 Å². The van der Waals surface area contributed by atoms with Gasteiger partial charge in [-0.05, 0) is 49.7 Å². The van der Waals surface area contributed by atoms with E-state index in [0.29, 0.717) is 63.0 Å². The number of aromatic hydroxyl groups is 1. The number of rotatable bonds is 5. The Hall–Kier alpha value is -1.63. The number of Topliss-reactive ketones (excluding diaryl/α,β-unsaturated/α-hetero) is 1. The molecule has 1 saturated heterocycles. The maximum atomic E-state index is 14.5. The molecule has 1 N–H and O–H groups in total. The third kappa shape index (κ3) is 2.39. The van der Waals surface area contributed by atoms with E-state index in [1.807, 2.05) is 6.07 Å². The van der Waals surface area contributed by atoms with Gasteiger partial charge in [-0.25, -0.2) is 0 Å². The number of nitrogens with zero attached hydrogens (tertiary/aromatic N) is 1. The van der Waals surface area contributed by atoms with Crippen molar-refractivity contribution in [3.8, 4) is 11.5 Å². The van der Waals surface area contributed by atoms with E-state index in [-0.39, 0.29) is 22.2 Å². The summed E-state index contributed by atoms with van der Waals surface area (Å²) in [6.07, 6.45) is 8.81. The highest BCUT2D eigenvalue weighted by Gasteiger charge is 2.77. The SMILES string of the molecule is O=C1CCC2(OCC3CCCC3)[C@H]3Cc4ccc(O)c5c4[C@@]2(CC[N+]3([O-])CC2CC2)C1O5. The van der Waals surface area contributed by atoms with Crippen LogP contribution in [0.3, 0.4) is 0 Å². The van der Waals surface area contributed by atoms with Gasteiger partial charge in [0.2, 0.25) is 0 Å². The number of ketones is 1. The topological polar surface area (TPSA) is 78.8 Å². The Morgan fingerprint density at radius 1 is 1.16 bits per heavy atom. The molecule has 2 heterocycles. The standard InChI is InChI=1S/C26H33NO5/c28-19-8-7-18-13-21-26(31-15-17-3-1-2-4-17)10-9-20(29)24-25(26,22(18)23(19)32-24)11-12-27(21,30)14-16-5-6-16/h7-8,16-17,21,24,28H,1-6,9-15H2/t21-,24?,25+,26?,27?/m1/s1. The molecule has 4 aliphatic carbocycles. The fourth-order valence-electron chi connectivity index (χ4n) is 8.25. The van der Waals surface area contributed by atoms with Gasteiger partial charge in [0, 0.05) is 30.7 Å². The maximum Gasteiger partial charge on any atom is 0.174 e. The Labute approximate surface area is 189 Å². The highest BCUT2D eigenvalue weighted by Crippen LogP contribution is 2.67. The summed E-state index contributed by atoms with van der Waals surface area (Å²) < 4.78 is 13.1. The smallest absolute Gasteiger partial charge is 0.174 e. The molecule has 1 spiro atoms. The summed E-state index contributed by atoms with van der Waals surface area (Å²) in [6.45, 7) is 1.86. The number of likely N-dealkylation sites (tertiary alicyclic amines) is 1. The Morgan fingerprint density at radius 2 is 1.97 bits per heavy atom. The van der Waals surface area contributed by atoms with Gasteiger partial charge in [0.05, 0.1) is 25.1 Å². The first-order valence-corrected chi connectivity index (χ1v) is 12.7. The van der Waals surface area contributed by atoms with Crippen molar-refractivity contribution in [2.24, 2.45) is 11.8 Å². The van der Waals surface area contributed by atoms with Crippen molar-refractivity contribution in [1.82, 2.24) is 0 Å². The Bertz CT molecular complexity index is 985. The number of piperidine rings is 1. The van der Waals surface area contributed by atoms with E-state index in [9.17, 15) is 15.1 Å². The minimum absolute atomic E-state index is 0.0976. The summed E-state index contributed by atoms with van der Waals surface area (Å²) >= 11 is 0. The molecule has 0 radical (unpaired) electrons. The second-order valence-corrected chi connectivity index (χ2v) is 11.5. The van der Waals surface area contributed by atoms with Gasteiger partial charge in [0.1, 0.15) is 11.6 Å². The number of benzene rings is 1.